The molecule has 1 aromatic heterocycles. The summed E-state index contributed by atoms with van der Waals surface area (Å²) in [6.07, 6.45) is 5.11. The minimum absolute atomic E-state index is 0.0152. The molecule has 2 fully saturated rings. The normalized spacial score (nSPS) is 21.2. The molecular formula is C26H31N3O5. The van der Waals surface area contributed by atoms with Crippen molar-refractivity contribution in [3.05, 3.63) is 59.2 Å². The maximum absolute atomic E-state index is 13.7. The number of likely N-dealkylation sites (N-methyl/N-ethyl adjacent to an activating group) is 1. The zero-order valence-corrected chi connectivity index (χ0v) is 20.2. The van der Waals surface area contributed by atoms with Crippen LogP contribution in [0.5, 0.6) is 11.5 Å². The molecule has 2 aromatic rings. The number of benzene rings is 1. The fraction of sp³-hybridized carbons (Fsp3) is 0.462. The largest absolute Gasteiger partial charge is 0.497 e. The molecule has 1 atom stereocenters. The van der Waals surface area contributed by atoms with Crippen LogP contribution in [0.3, 0.4) is 0 Å². The van der Waals surface area contributed by atoms with E-state index >= 15 is 0 Å². The second-order valence-electron chi connectivity index (χ2n) is 9.16. The number of ether oxygens (including phenoxy) is 2. The fourth-order valence-electron chi connectivity index (χ4n) is 5.90. The van der Waals surface area contributed by atoms with Crippen molar-refractivity contribution in [3.63, 3.8) is 0 Å². The average molecular weight is 466 g/mol. The van der Waals surface area contributed by atoms with Gasteiger partial charge in [-0.25, -0.2) is 4.79 Å². The molecule has 34 heavy (non-hydrogen) atoms. The Morgan fingerprint density at radius 3 is 2.59 bits per heavy atom. The number of amides is 3. The highest BCUT2D eigenvalue weighted by atomic mass is 16.5. The van der Waals surface area contributed by atoms with E-state index in [1.54, 1.807) is 26.4 Å². The molecule has 0 bridgehead atoms. The number of furan rings is 1. The summed E-state index contributed by atoms with van der Waals surface area (Å²) in [7, 11) is 3.30. The zero-order valence-electron chi connectivity index (χ0n) is 20.2. The Morgan fingerprint density at radius 2 is 1.97 bits per heavy atom. The SMILES string of the molecule is CCN1C(=O)N2Cc3cc(OC)cc(OC)c3C(C)C=C2C12CCN(C(=O)c1ccco1)CC2. The number of fused-ring (bicyclic) bond motifs is 3. The smallest absolute Gasteiger partial charge is 0.325 e. The van der Waals surface area contributed by atoms with Crippen LogP contribution in [-0.2, 0) is 6.54 Å². The first-order chi connectivity index (χ1) is 16.4. The summed E-state index contributed by atoms with van der Waals surface area (Å²) in [5, 5.41) is 0. The van der Waals surface area contributed by atoms with Gasteiger partial charge in [-0.05, 0) is 43.5 Å². The second kappa shape index (κ2) is 8.42. The van der Waals surface area contributed by atoms with Gasteiger partial charge in [-0.15, -0.1) is 0 Å². The summed E-state index contributed by atoms with van der Waals surface area (Å²) in [6, 6.07) is 7.34. The summed E-state index contributed by atoms with van der Waals surface area (Å²) >= 11 is 0. The Hall–Kier alpha value is -3.42. The van der Waals surface area contributed by atoms with Gasteiger partial charge >= 0.3 is 6.03 Å². The van der Waals surface area contributed by atoms with Crippen molar-refractivity contribution in [2.45, 2.75) is 44.7 Å². The molecule has 4 heterocycles. The molecule has 8 heteroatoms. The fourth-order valence-corrected chi connectivity index (χ4v) is 5.90. The van der Waals surface area contributed by atoms with E-state index in [0.29, 0.717) is 50.5 Å². The molecule has 1 spiro atoms. The maximum atomic E-state index is 13.7. The highest BCUT2D eigenvalue weighted by Crippen LogP contribution is 2.49. The molecular weight excluding hydrogens is 434 g/mol. The minimum atomic E-state index is -0.431. The van der Waals surface area contributed by atoms with E-state index in [9.17, 15) is 9.59 Å². The topological polar surface area (TPSA) is 75.5 Å². The summed E-state index contributed by atoms with van der Waals surface area (Å²) in [6.45, 7) is 6.37. The van der Waals surface area contributed by atoms with Crippen LogP contribution in [0, 0.1) is 0 Å². The number of carbonyl (C=O) groups excluding carboxylic acids is 2. The summed E-state index contributed by atoms with van der Waals surface area (Å²) in [4.78, 5) is 32.3. The van der Waals surface area contributed by atoms with Crippen molar-refractivity contribution in [2.75, 3.05) is 33.9 Å². The highest BCUT2D eigenvalue weighted by molar-refractivity contribution is 5.91. The number of rotatable bonds is 4. The van der Waals surface area contributed by atoms with Crippen molar-refractivity contribution in [3.8, 4) is 11.5 Å². The van der Waals surface area contributed by atoms with E-state index in [0.717, 1.165) is 22.6 Å². The van der Waals surface area contributed by atoms with Crippen molar-refractivity contribution in [1.82, 2.24) is 14.7 Å². The quantitative estimate of drug-likeness (QED) is 0.676. The van der Waals surface area contributed by atoms with Crippen LogP contribution >= 0.6 is 0 Å². The third kappa shape index (κ3) is 3.27. The van der Waals surface area contributed by atoms with Crippen LogP contribution in [-0.4, -0.2) is 66.0 Å². The first kappa shape index (κ1) is 22.4. The van der Waals surface area contributed by atoms with Crippen LogP contribution in [0.2, 0.25) is 0 Å². The molecule has 8 nitrogen and oxygen atoms in total. The van der Waals surface area contributed by atoms with Gasteiger partial charge < -0.3 is 23.7 Å². The molecule has 5 rings (SSSR count). The van der Waals surface area contributed by atoms with Gasteiger partial charge in [0.25, 0.3) is 5.91 Å². The number of hydrogen-bond donors (Lipinski definition) is 0. The Labute approximate surface area is 199 Å². The Bertz CT molecular complexity index is 1130. The van der Waals surface area contributed by atoms with Gasteiger partial charge in [-0.2, -0.15) is 0 Å². The summed E-state index contributed by atoms with van der Waals surface area (Å²) < 4.78 is 16.5. The first-order valence-electron chi connectivity index (χ1n) is 11.8. The van der Waals surface area contributed by atoms with Gasteiger partial charge in [0.15, 0.2) is 5.76 Å². The number of urea groups is 1. The molecule has 180 valence electrons. The zero-order chi connectivity index (χ0) is 24.0. The number of likely N-dealkylation sites (tertiary alicyclic amines) is 1. The highest BCUT2D eigenvalue weighted by Gasteiger charge is 2.55. The molecule has 0 aliphatic carbocycles. The molecule has 3 amide bonds. The second-order valence-corrected chi connectivity index (χ2v) is 9.16. The van der Waals surface area contributed by atoms with Crippen LogP contribution in [0.4, 0.5) is 4.79 Å². The van der Waals surface area contributed by atoms with Gasteiger partial charge in [0.05, 0.1) is 32.6 Å². The van der Waals surface area contributed by atoms with E-state index in [-0.39, 0.29) is 17.9 Å². The van der Waals surface area contributed by atoms with Gasteiger partial charge in [-0.3, -0.25) is 9.69 Å². The Balaban J connectivity index is 1.51. The first-order valence-corrected chi connectivity index (χ1v) is 11.8. The predicted molar refractivity (Wildman–Crippen MR) is 126 cm³/mol. The monoisotopic (exact) mass is 465 g/mol. The number of piperidine rings is 1. The molecule has 3 aliphatic rings. The van der Waals surface area contributed by atoms with E-state index in [1.807, 2.05) is 33.8 Å². The summed E-state index contributed by atoms with van der Waals surface area (Å²) in [5.74, 6) is 1.79. The van der Waals surface area contributed by atoms with Gasteiger partial charge in [0.2, 0.25) is 0 Å². The van der Waals surface area contributed by atoms with E-state index in [4.69, 9.17) is 13.9 Å². The molecule has 0 N–H and O–H groups in total. The maximum Gasteiger partial charge on any atom is 0.325 e. The van der Waals surface area contributed by atoms with Gasteiger partial charge in [-0.1, -0.05) is 13.0 Å². The number of allylic oxidation sites excluding steroid dienone is 1. The van der Waals surface area contributed by atoms with Crippen molar-refractivity contribution in [1.29, 1.82) is 0 Å². The third-order valence-corrected chi connectivity index (χ3v) is 7.52. The lowest BCUT2D eigenvalue weighted by Gasteiger charge is -2.44. The van der Waals surface area contributed by atoms with E-state index in [2.05, 4.69) is 13.0 Å². The van der Waals surface area contributed by atoms with Gasteiger partial charge in [0, 0.05) is 42.9 Å². The van der Waals surface area contributed by atoms with Crippen LogP contribution in [0.15, 0.2) is 46.7 Å². The molecule has 0 saturated carbocycles. The molecule has 2 saturated heterocycles. The molecule has 1 aromatic carbocycles. The number of hydrogen-bond acceptors (Lipinski definition) is 5. The van der Waals surface area contributed by atoms with Crippen LogP contribution in [0.1, 0.15) is 54.3 Å². The predicted octanol–water partition coefficient (Wildman–Crippen LogP) is 4.23. The van der Waals surface area contributed by atoms with Crippen LogP contribution < -0.4 is 9.47 Å². The molecule has 1 unspecified atom stereocenters. The standard InChI is InChI=1S/C26H31N3O5/c1-5-29-25(31)28-16-18-14-19(32-3)15-21(33-4)23(18)17(2)13-22(28)26(29)8-10-27(11-9-26)24(30)20-7-6-12-34-20/h6-7,12-15,17H,5,8-11,16H2,1-4H3. The van der Waals surface area contributed by atoms with Crippen molar-refractivity contribution >= 4 is 11.9 Å². The van der Waals surface area contributed by atoms with Crippen LogP contribution in [0.25, 0.3) is 0 Å². The minimum Gasteiger partial charge on any atom is -0.497 e. The average Bonchev–Trinajstić information content (AvgIpc) is 3.42. The molecule has 3 aliphatic heterocycles. The lowest BCUT2D eigenvalue weighted by atomic mass is 9.82. The van der Waals surface area contributed by atoms with Crippen molar-refractivity contribution in [2.24, 2.45) is 0 Å². The lowest BCUT2D eigenvalue weighted by molar-refractivity contribution is 0.0547. The Kier molecular flexibility index (Phi) is 5.54. The lowest BCUT2D eigenvalue weighted by Crippen LogP contribution is -2.54. The van der Waals surface area contributed by atoms with Crippen molar-refractivity contribution < 1.29 is 23.5 Å². The number of nitrogens with zero attached hydrogens (tertiary/aromatic N) is 3. The number of carbonyl (C=O) groups is 2. The molecule has 0 radical (unpaired) electrons. The Morgan fingerprint density at radius 1 is 1.21 bits per heavy atom. The van der Waals surface area contributed by atoms with Gasteiger partial charge in [0.1, 0.15) is 11.5 Å². The third-order valence-electron chi connectivity index (χ3n) is 7.52. The summed E-state index contributed by atoms with van der Waals surface area (Å²) in [5.41, 5.74) is 2.72. The number of methoxy groups -OCH3 is 2. The van der Waals surface area contributed by atoms with E-state index < -0.39 is 5.54 Å². The van der Waals surface area contributed by atoms with E-state index in [1.165, 1.54) is 6.26 Å².